The lowest BCUT2D eigenvalue weighted by Gasteiger charge is -2.34. The Balaban J connectivity index is 1.53. The zero-order valence-electron chi connectivity index (χ0n) is 17.1. The van der Waals surface area contributed by atoms with Crippen LogP contribution in [0.2, 0.25) is 0 Å². The van der Waals surface area contributed by atoms with Crippen LogP contribution >= 0.6 is 0 Å². The lowest BCUT2D eigenvalue weighted by molar-refractivity contribution is 0.294. The van der Waals surface area contributed by atoms with Gasteiger partial charge in [0.25, 0.3) is 0 Å². The summed E-state index contributed by atoms with van der Waals surface area (Å²) in [7, 11) is 1.72. The highest BCUT2D eigenvalue weighted by molar-refractivity contribution is 5.92. The van der Waals surface area contributed by atoms with Gasteiger partial charge in [0.2, 0.25) is 0 Å². The first-order valence-corrected chi connectivity index (χ1v) is 10.4. The number of anilines is 1. The van der Waals surface area contributed by atoms with Crippen molar-refractivity contribution >= 4 is 16.6 Å². The summed E-state index contributed by atoms with van der Waals surface area (Å²) in [4.78, 5) is 9.49. The summed E-state index contributed by atoms with van der Waals surface area (Å²) < 4.78 is 5.41. The van der Waals surface area contributed by atoms with E-state index in [1.165, 1.54) is 23.9 Å². The topological polar surface area (TPSA) is 40.6 Å². The molecule has 5 nitrogen and oxygen atoms in total. The van der Waals surface area contributed by atoms with Crippen LogP contribution in [0.4, 0.5) is 5.69 Å². The van der Waals surface area contributed by atoms with E-state index in [1.807, 2.05) is 18.3 Å². The van der Waals surface area contributed by atoms with Gasteiger partial charge in [-0.05, 0) is 62.7 Å². The predicted molar refractivity (Wildman–Crippen MR) is 114 cm³/mol. The number of rotatable bonds is 9. The molecule has 27 heavy (non-hydrogen) atoms. The molecule has 1 saturated heterocycles. The van der Waals surface area contributed by atoms with Crippen molar-refractivity contribution in [3.05, 3.63) is 30.5 Å². The molecule has 0 spiro atoms. The van der Waals surface area contributed by atoms with Gasteiger partial charge in [0.15, 0.2) is 0 Å². The molecule has 1 fully saturated rings. The Labute approximate surface area is 163 Å². The second kappa shape index (κ2) is 9.90. The van der Waals surface area contributed by atoms with E-state index in [1.54, 1.807) is 7.11 Å². The Bertz CT molecular complexity index is 709. The molecule has 2 aromatic rings. The fourth-order valence-electron chi connectivity index (χ4n) is 3.97. The summed E-state index contributed by atoms with van der Waals surface area (Å²) >= 11 is 0. The number of piperidine rings is 1. The normalized spacial score (nSPS) is 15.6. The van der Waals surface area contributed by atoms with Crippen LogP contribution in [-0.2, 0) is 0 Å². The van der Waals surface area contributed by atoms with Crippen molar-refractivity contribution in [2.45, 2.75) is 26.7 Å². The third kappa shape index (κ3) is 5.11. The molecular formula is C22H34N4O. The van der Waals surface area contributed by atoms with E-state index in [9.17, 15) is 0 Å². The Hall–Kier alpha value is -1.85. The summed E-state index contributed by atoms with van der Waals surface area (Å²) in [6.45, 7) is 12.3. The van der Waals surface area contributed by atoms with E-state index in [2.05, 4.69) is 46.1 Å². The highest BCUT2D eigenvalue weighted by Crippen LogP contribution is 2.31. The molecule has 0 amide bonds. The zero-order chi connectivity index (χ0) is 19.1. The summed E-state index contributed by atoms with van der Waals surface area (Å²) in [6, 6.07) is 8.28. The Kier molecular flexibility index (Phi) is 7.30. The van der Waals surface area contributed by atoms with Crippen molar-refractivity contribution in [3.8, 4) is 5.75 Å². The van der Waals surface area contributed by atoms with E-state index in [4.69, 9.17) is 4.74 Å². The Morgan fingerprint density at radius 1 is 1.19 bits per heavy atom. The molecular weight excluding hydrogens is 336 g/mol. The maximum absolute atomic E-state index is 5.41. The molecule has 1 aliphatic rings. The number of ether oxygens (including phenoxy) is 1. The number of nitrogens with one attached hydrogen (secondary N) is 1. The maximum Gasteiger partial charge on any atom is 0.119 e. The average molecular weight is 371 g/mol. The van der Waals surface area contributed by atoms with Gasteiger partial charge < -0.3 is 19.9 Å². The molecule has 1 aliphatic heterocycles. The smallest absolute Gasteiger partial charge is 0.119 e. The second-order valence-corrected chi connectivity index (χ2v) is 7.37. The summed E-state index contributed by atoms with van der Waals surface area (Å²) in [5.41, 5.74) is 2.32. The van der Waals surface area contributed by atoms with Crippen molar-refractivity contribution in [2.75, 3.05) is 57.8 Å². The quantitative estimate of drug-likeness (QED) is 0.685. The van der Waals surface area contributed by atoms with Crippen molar-refractivity contribution in [1.82, 2.24) is 15.2 Å². The minimum atomic E-state index is 0.778. The molecule has 0 aliphatic carbocycles. The standard InChI is InChI=1S/C22H34N4O/c1-4-25(5-2)15-12-23-17-18-9-13-26(14-10-18)22-8-11-24-21-7-6-19(27-3)16-20(21)22/h6-8,11,16,18,23H,4-5,9-10,12-15,17H2,1-3H3. The molecule has 3 rings (SSSR count). The van der Waals surface area contributed by atoms with Gasteiger partial charge in [-0.15, -0.1) is 0 Å². The number of methoxy groups -OCH3 is 1. The Morgan fingerprint density at radius 3 is 2.67 bits per heavy atom. The number of benzene rings is 1. The number of pyridine rings is 1. The minimum absolute atomic E-state index is 0.778. The predicted octanol–water partition coefficient (Wildman–Crippen LogP) is 3.39. The molecule has 1 aromatic carbocycles. The van der Waals surface area contributed by atoms with Crippen molar-refractivity contribution in [1.29, 1.82) is 0 Å². The molecule has 2 heterocycles. The van der Waals surface area contributed by atoms with Crippen LogP contribution in [0.25, 0.3) is 10.9 Å². The number of hydrogen-bond donors (Lipinski definition) is 1. The summed E-state index contributed by atoms with van der Waals surface area (Å²) in [5, 5.41) is 4.85. The number of nitrogens with zero attached hydrogens (tertiary/aromatic N) is 3. The third-order valence-electron chi connectivity index (χ3n) is 5.81. The Morgan fingerprint density at radius 2 is 1.96 bits per heavy atom. The molecule has 0 atom stereocenters. The van der Waals surface area contributed by atoms with Gasteiger partial charge in [0.1, 0.15) is 5.75 Å². The number of fused-ring (bicyclic) bond motifs is 1. The number of likely N-dealkylation sites (N-methyl/N-ethyl adjacent to an activating group) is 1. The average Bonchev–Trinajstić information content (AvgIpc) is 2.73. The first-order valence-electron chi connectivity index (χ1n) is 10.4. The van der Waals surface area contributed by atoms with Crippen LogP contribution in [0.5, 0.6) is 5.75 Å². The zero-order valence-corrected chi connectivity index (χ0v) is 17.1. The van der Waals surface area contributed by atoms with E-state index >= 15 is 0 Å². The summed E-state index contributed by atoms with van der Waals surface area (Å²) in [6.07, 6.45) is 4.41. The van der Waals surface area contributed by atoms with Gasteiger partial charge in [-0.3, -0.25) is 4.98 Å². The van der Waals surface area contributed by atoms with Gasteiger partial charge >= 0.3 is 0 Å². The van der Waals surface area contributed by atoms with Crippen LogP contribution in [0.3, 0.4) is 0 Å². The van der Waals surface area contributed by atoms with Crippen LogP contribution in [-0.4, -0.2) is 62.8 Å². The highest BCUT2D eigenvalue weighted by atomic mass is 16.5. The lowest BCUT2D eigenvalue weighted by Crippen LogP contribution is -2.39. The lowest BCUT2D eigenvalue weighted by atomic mass is 9.96. The summed E-state index contributed by atoms with van der Waals surface area (Å²) in [5.74, 6) is 1.67. The maximum atomic E-state index is 5.41. The minimum Gasteiger partial charge on any atom is -0.497 e. The van der Waals surface area contributed by atoms with Gasteiger partial charge in [0, 0.05) is 43.4 Å². The molecule has 5 heteroatoms. The van der Waals surface area contributed by atoms with E-state index < -0.39 is 0 Å². The van der Waals surface area contributed by atoms with Crippen molar-refractivity contribution in [2.24, 2.45) is 5.92 Å². The largest absolute Gasteiger partial charge is 0.497 e. The first-order chi connectivity index (χ1) is 13.2. The molecule has 0 saturated carbocycles. The van der Waals surface area contributed by atoms with Gasteiger partial charge in [-0.2, -0.15) is 0 Å². The fourth-order valence-corrected chi connectivity index (χ4v) is 3.97. The molecule has 1 aromatic heterocycles. The highest BCUT2D eigenvalue weighted by Gasteiger charge is 2.20. The molecule has 0 unspecified atom stereocenters. The van der Waals surface area contributed by atoms with Crippen molar-refractivity contribution in [3.63, 3.8) is 0 Å². The van der Waals surface area contributed by atoms with E-state index in [0.29, 0.717) is 0 Å². The second-order valence-electron chi connectivity index (χ2n) is 7.37. The number of hydrogen-bond acceptors (Lipinski definition) is 5. The van der Waals surface area contributed by atoms with Gasteiger partial charge in [-0.25, -0.2) is 0 Å². The van der Waals surface area contributed by atoms with Gasteiger partial charge in [-0.1, -0.05) is 13.8 Å². The molecule has 0 radical (unpaired) electrons. The van der Waals surface area contributed by atoms with Crippen LogP contribution in [0, 0.1) is 5.92 Å². The molecule has 1 N–H and O–H groups in total. The van der Waals surface area contributed by atoms with E-state index in [0.717, 1.165) is 63.0 Å². The van der Waals surface area contributed by atoms with Crippen LogP contribution in [0.15, 0.2) is 30.5 Å². The molecule has 0 bridgehead atoms. The first kappa shape index (κ1) is 19.9. The van der Waals surface area contributed by atoms with E-state index in [-0.39, 0.29) is 0 Å². The van der Waals surface area contributed by atoms with Gasteiger partial charge in [0.05, 0.1) is 12.6 Å². The fraction of sp³-hybridized carbons (Fsp3) is 0.591. The van der Waals surface area contributed by atoms with Crippen LogP contribution < -0.4 is 15.0 Å². The number of aromatic nitrogens is 1. The van der Waals surface area contributed by atoms with Crippen molar-refractivity contribution < 1.29 is 4.74 Å². The SMILES string of the molecule is CCN(CC)CCNCC1CCN(c2ccnc3ccc(OC)cc23)CC1. The molecule has 148 valence electrons. The third-order valence-corrected chi connectivity index (χ3v) is 5.81. The monoisotopic (exact) mass is 370 g/mol. The van der Waals surface area contributed by atoms with Crippen LogP contribution in [0.1, 0.15) is 26.7 Å².